The molecule has 6 fully saturated rings. The number of ether oxygens (including phenoxy) is 16. The SMILES string of the molecule is COCCOC1[C@@H](O)[C@@H](COP([O-])(=S)O[C@@H]2C(OCCOC)[C@H](n3cc(C)c(N)nc3=O)O[C@@H]2COP([O-])(=S)O[C@@H]2C(OCCOC)[C@H](n3cc(C)c(N)nc3=O)O[C@@H]2COP([O-])(=S)O[C@@H]2C(OCCOC)[C@H](n3cc(C)c(=O)[nH]c3=O)O[C@@H]2COP(=O)([S-])O[C@@H]2C(OCCOC)[C@H](n3cnc4c(N)ncnc43)O[C@@H]2COP([O-])(=S)O[C@@H]2C[C@H](n3cnc4c(N)ncnc43)O[C@@H]2C)O[C@H]1n1cc(C)c(N)nc1=O. The van der Waals surface area contributed by atoms with E-state index in [1.165, 1.54) is 98.5 Å². The minimum Gasteiger partial charge on any atom is -0.780 e. The van der Waals surface area contributed by atoms with Crippen molar-refractivity contribution in [1.29, 1.82) is 0 Å². The first-order valence-corrected chi connectivity index (χ1v) is 56.3. The summed E-state index contributed by atoms with van der Waals surface area (Å²) in [7, 11) is 6.78. The number of anilines is 5. The first-order chi connectivity index (χ1) is 67.9. The van der Waals surface area contributed by atoms with Crippen LogP contribution in [0.3, 0.4) is 0 Å². The molecule has 0 saturated carbocycles. The third-order valence-corrected chi connectivity index (χ3v) is 30.9. The number of aromatic amines is 1. The average molecular weight is 2210 g/mol. The van der Waals surface area contributed by atoms with Gasteiger partial charge in [0.15, 0.2) is 60.9 Å². The molecule has 12 N–H and O–H groups in total. The van der Waals surface area contributed by atoms with E-state index in [1.807, 2.05) is 0 Å². The van der Waals surface area contributed by atoms with Crippen LogP contribution in [0.25, 0.3) is 22.3 Å². The summed E-state index contributed by atoms with van der Waals surface area (Å²) in [6.45, 7) is -24.7. The van der Waals surface area contributed by atoms with Crippen LogP contribution in [0.4, 0.5) is 29.1 Å². The van der Waals surface area contributed by atoms with Crippen LogP contribution in [0.15, 0.2) is 74.1 Å². The zero-order chi connectivity index (χ0) is 103. The lowest BCUT2D eigenvalue weighted by Crippen LogP contribution is -2.43. The Morgan fingerprint density at radius 1 is 0.413 bits per heavy atom. The minimum atomic E-state index is -5.35. The van der Waals surface area contributed by atoms with E-state index in [4.69, 9.17) is 209 Å². The Hall–Kier alpha value is -6.64. The van der Waals surface area contributed by atoms with Crippen molar-refractivity contribution in [1.82, 2.24) is 77.2 Å². The summed E-state index contributed by atoms with van der Waals surface area (Å²) >= 11 is 28.3. The third-order valence-electron chi connectivity index (χ3n) is 23.1. The molecule has 14 rings (SSSR count). The second-order valence-electron chi connectivity index (χ2n) is 32.8. The molecule has 68 heteroatoms. The number of H-pyrrole nitrogens is 1. The van der Waals surface area contributed by atoms with Gasteiger partial charge in [0.2, 0.25) is 0 Å². The number of hydrogen-bond donors (Lipinski definition) is 7. The number of rotatable bonds is 51. The molecule has 8 aromatic rings. The Bertz CT molecular complexity index is 6350. The topological polar surface area (TPSA) is 746 Å². The molecule has 0 radical (unpaired) electrons. The summed E-state index contributed by atoms with van der Waals surface area (Å²) in [5.41, 5.74) is 27.2. The van der Waals surface area contributed by atoms with E-state index in [0.717, 1.165) is 30.8 Å². The average Bonchev–Trinajstić information content (AvgIpc) is 1.60. The quantitative estimate of drug-likeness (QED) is 0.0110. The van der Waals surface area contributed by atoms with E-state index >= 15 is 14.4 Å². The number of nitrogens with zero attached hydrogens (tertiary/aromatic N) is 15. The summed E-state index contributed by atoms with van der Waals surface area (Å²) in [5, 5.41) is 11.8. The number of nitrogens with two attached hydrogens (primary N) is 5. The van der Waals surface area contributed by atoms with Crippen LogP contribution in [0.5, 0.6) is 0 Å². The minimum absolute atomic E-state index is 0.0310. The van der Waals surface area contributed by atoms with Crippen LogP contribution < -0.4 is 76.6 Å². The highest BCUT2D eigenvalue weighted by atomic mass is 32.7. The number of aryl methyl sites for hydroxylation is 4. The fourth-order valence-corrected chi connectivity index (χ4v) is 23.3. The molecule has 6 aliphatic rings. The zero-order valence-corrected chi connectivity index (χ0v) is 86.3. The van der Waals surface area contributed by atoms with Gasteiger partial charge in [-0.3, -0.25) is 41.7 Å². The molecule has 0 aliphatic carbocycles. The number of imidazole rings is 2. The lowest BCUT2D eigenvalue weighted by Gasteiger charge is -2.38. The molecule has 0 aromatic carbocycles. The number of nitrogens with one attached hydrogen (secondary N) is 1. The molecule has 58 nitrogen and oxygen atoms in total. The van der Waals surface area contributed by atoms with Gasteiger partial charge in [0.25, 0.3) is 5.56 Å². The van der Waals surface area contributed by atoms with Crippen molar-refractivity contribution in [2.75, 3.05) is 163 Å². The van der Waals surface area contributed by atoms with Crippen LogP contribution in [0.2, 0.25) is 0 Å². The number of fused-ring (bicyclic) bond motifs is 2. The summed E-state index contributed by atoms with van der Waals surface area (Å²) in [6, 6.07) is 0. The molecule has 0 spiro atoms. The van der Waals surface area contributed by atoms with Gasteiger partial charge in [-0.2, -0.15) is 15.0 Å². The van der Waals surface area contributed by atoms with Crippen LogP contribution in [0.1, 0.15) is 73.0 Å². The van der Waals surface area contributed by atoms with Crippen molar-refractivity contribution in [2.45, 2.75) is 182 Å². The largest absolute Gasteiger partial charge is 0.780 e. The highest BCUT2D eigenvalue weighted by molar-refractivity contribution is 8.32. The van der Waals surface area contributed by atoms with Gasteiger partial charge in [-0.25, -0.2) is 49.1 Å². The highest BCUT2D eigenvalue weighted by Gasteiger charge is 2.56. The van der Waals surface area contributed by atoms with Gasteiger partial charge in [-0.1, -0.05) is 47.2 Å². The first kappa shape index (κ1) is 112. The van der Waals surface area contributed by atoms with E-state index in [2.05, 4.69) is 49.8 Å². The van der Waals surface area contributed by atoms with Crippen molar-refractivity contribution < 1.29 is 150 Å². The normalized spacial score (nSPS) is 29.4. The fraction of sp³-hybridized carbons (Fsp3) is 0.653. The molecule has 14 heterocycles. The molecule has 792 valence electrons. The van der Waals surface area contributed by atoms with Crippen molar-refractivity contribution >= 4 is 145 Å². The number of nitrogen functional groups attached to an aromatic ring is 5. The molecule has 0 amide bonds. The molecular weight excluding hydrogens is 2100 g/mol. The maximum absolute atomic E-state index is 15.7. The van der Waals surface area contributed by atoms with E-state index < -0.39 is 236 Å². The van der Waals surface area contributed by atoms with Gasteiger partial charge >= 0.3 is 22.8 Å². The number of aliphatic hydroxyl groups is 1. The highest BCUT2D eigenvalue weighted by Crippen LogP contribution is 2.57. The van der Waals surface area contributed by atoms with Gasteiger partial charge in [-0.15, -0.1) is 0 Å². The summed E-state index contributed by atoms with van der Waals surface area (Å²) in [6.07, 6.45) is -25.9. The lowest BCUT2D eigenvalue weighted by molar-refractivity contribution is -0.223. The second-order valence-corrected chi connectivity index (χ2v) is 46.3. The van der Waals surface area contributed by atoms with Gasteiger partial charge in [-0.05, 0) is 34.6 Å². The van der Waals surface area contributed by atoms with Crippen molar-refractivity contribution in [3.8, 4) is 0 Å². The van der Waals surface area contributed by atoms with Crippen molar-refractivity contribution in [2.24, 2.45) is 0 Å². The molecule has 143 heavy (non-hydrogen) atoms. The molecule has 0 bridgehead atoms. The Kier molecular flexibility index (Phi) is 38.0. The number of methoxy groups -OCH3 is 5. The zero-order valence-electron chi connectivity index (χ0n) is 77.7. The van der Waals surface area contributed by atoms with E-state index in [-0.39, 0.29) is 129 Å². The van der Waals surface area contributed by atoms with Crippen LogP contribution in [0, 0.1) is 27.7 Å². The lowest BCUT2D eigenvalue weighted by atomic mass is 10.1. The second kappa shape index (κ2) is 48.5. The number of hydrogen-bond acceptors (Lipinski definition) is 56. The molecule has 10 unspecified atom stereocenters. The molecule has 6 saturated heterocycles. The van der Waals surface area contributed by atoms with Gasteiger partial charge in [0.1, 0.15) is 166 Å². The Morgan fingerprint density at radius 3 is 1.13 bits per heavy atom. The van der Waals surface area contributed by atoms with Gasteiger partial charge in [0.05, 0.1) is 124 Å². The van der Waals surface area contributed by atoms with Gasteiger partial charge < -0.3 is 187 Å². The predicted octanol–water partition coefficient (Wildman–Crippen LogP) is -3.55. The number of aromatic nitrogens is 16. The standard InChI is InChI=1S/C75H110N21O37P5S5/c1-35-22-91(72(99)87-59(35)76)67-54(113-16-11-108-6)49(97)41(124-67)26-118-135(104,140)130-50-42(125-68(55(50)114-17-12-109-7)92-23-36(2)60(77)88-73(92)100)28-120-136(105,141)131-51-43(126-69(56(51)115-18-13-110-8)93-24-37(3)61(78)89-74(93)101)29-121-137(106,142)132-52-44(127-70(57(52)116-19-14-111-9)94-25-38(4)66(98)90-75(94)102)30-122-138(107,143)133-53-45(128-71(58(53)117-20-15-112-10)96-34-86-48-63(80)82-32-84-65(48)96)27-119-134(103,139)129-40-21-46(123-39(40)5)95-33-85-47-62(79)81-31-83-64(47)95/h22-25,31-34,39-46,49-58,67-71,97H,11-21,26-30H2,1-10H3,(H,103,139)(H,104,140)(H,105,141)(H,106,142)(H,107,143)(H2,76,87,99)(H2,77,88,100)(H2,78,89,101)(H2,79,81,83)(H2,80,82,84)(H,90,98,102)/p-5/t39-,40-,41-,42-,43-,44-,45-,46-,49+,50+,51+,52+,53+,54?,55?,56?,57?,58?,67-,68-,69-,70-,71-,134?,135?,136?,137?,138?/m1/s1. The Morgan fingerprint density at radius 2 is 0.734 bits per heavy atom. The van der Waals surface area contributed by atoms with E-state index in [9.17, 15) is 38.9 Å². The van der Waals surface area contributed by atoms with E-state index in [1.54, 1.807) is 18.4 Å². The van der Waals surface area contributed by atoms with Crippen molar-refractivity contribution in [3.63, 3.8) is 0 Å². The van der Waals surface area contributed by atoms with Crippen LogP contribution >= 0.6 is 33.7 Å². The summed E-state index contributed by atoms with van der Waals surface area (Å²) in [5.74, 6) is -0.415. The smallest absolute Gasteiger partial charge is 0.351 e. The maximum Gasteiger partial charge on any atom is 0.351 e. The third kappa shape index (κ3) is 26.9. The predicted molar refractivity (Wildman–Crippen MR) is 503 cm³/mol. The summed E-state index contributed by atoms with van der Waals surface area (Å²) in [4.78, 5) is 169. The molecule has 8 aromatic heterocycles. The maximum atomic E-state index is 15.7. The fourth-order valence-electron chi connectivity index (χ4n) is 16.1. The molecular formula is C75H105N21O37P5S5-5. The van der Waals surface area contributed by atoms with Gasteiger partial charge in [0, 0.05) is 89.0 Å². The summed E-state index contributed by atoms with van der Waals surface area (Å²) < 4.78 is 180. The van der Waals surface area contributed by atoms with Crippen LogP contribution in [-0.4, -0.2) is 321 Å². The monoisotopic (exact) mass is 2210 g/mol. The first-order valence-electron chi connectivity index (χ1n) is 43.5. The molecule has 6 aliphatic heterocycles. The Labute approximate surface area is 837 Å². The van der Waals surface area contributed by atoms with E-state index in [0.29, 0.717) is 16.7 Å². The Balaban J connectivity index is 0.750. The number of aliphatic hydroxyl groups excluding tert-OH is 1. The molecule has 28 atom stereocenters. The van der Waals surface area contributed by atoms with Crippen molar-refractivity contribution in [3.05, 3.63) is 125 Å². The van der Waals surface area contributed by atoms with Crippen LogP contribution in [-0.2, 0) is 185 Å².